The van der Waals surface area contributed by atoms with Crippen molar-refractivity contribution in [3.05, 3.63) is 158 Å². The summed E-state index contributed by atoms with van der Waals surface area (Å²) in [5.41, 5.74) is 11.1. The Morgan fingerprint density at radius 2 is 1.00 bits per heavy atom. The molecule has 11 rings (SSSR count). The van der Waals surface area contributed by atoms with Crippen molar-refractivity contribution in [1.29, 1.82) is 0 Å². The maximum atomic E-state index is 6.10. The first-order valence-electron chi connectivity index (χ1n) is 16.9. The topological polar surface area (TPSA) is 74.6 Å². The number of pyridine rings is 1. The van der Waals surface area contributed by atoms with Gasteiger partial charge in [-0.05, 0) is 54.6 Å². The van der Waals surface area contributed by atoms with Crippen LogP contribution in [0, 0.1) is 0 Å². The first kappa shape index (κ1) is 27.8. The molecule has 0 saturated carbocycles. The highest BCUT2D eigenvalue weighted by molar-refractivity contribution is 6.11. The average Bonchev–Trinajstić information content (AvgIpc) is 3.85. The monoisotopic (exact) mass is 654 g/mol. The first-order chi connectivity index (χ1) is 25.3. The molecule has 0 aliphatic heterocycles. The Morgan fingerprint density at radius 3 is 1.65 bits per heavy atom. The summed E-state index contributed by atoms with van der Waals surface area (Å²) in [7, 11) is 0. The minimum absolute atomic E-state index is 0.381. The van der Waals surface area contributed by atoms with Crippen LogP contribution in [0.3, 0.4) is 0 Å². The van der Waals surface area contributed by atoms with E-state index in [4.69, 9.17) is 14.4 Å². The molecule has 0 bridgehead atoms. The Morgan fingerprint density at radius 1 is 0.451 bits per heavy atom. The summed E-state index contributed by atoms with van der Waals surface area (Å²) in [4.78, 5) is 9.88. The fourth-order valence-electron chi connectivity index (χ4n) is 7.60. The van der Waals surface area contributed by atoms with Gasteiger partial charge < -0.3 is 13.6 Å². The molecule has 5 aromatic heterocycles. The standard InChI is InChI=1S/C44H26N6O/c1-3-11-29(12-4-1)49-37-17-9-7-15-31(37)33-21-19-27(23-39(33)49)36-25-35-41(26-45-36)51-44-42(35)46-43(47-48-44)28-20-22-34-32-16-8-10-18-38(32)50(40(34)24-28)30-13-5-2-6-14-30/h1-26H. The summed E-state index contributed by atoms with van der Waals surface area (Å²) < 4.78 is 10.7. The van der Waals surface area contributed by atoms with Crippen molar-refractivity contribution in [2.24, 2.45) is 0 Å². The van der Waals surface area contributed by atoms with Crippen molar-refractivity contribution in [2.75, 3.05) is 0 Å². The van der Waals surface area contributed by atoms with Crippen molar-refractivity contribution in [2.45, 2.75) is 0 Å². The van der Waals surface area contributed by atoms with E-state index < -0.39 is 0 Å². The van der Waals surface area contributed by atoms with E-state index in [0.717, 1.165) is 55.6 Å². The second kappa shape index (κ2) is 10.7. The van der Waals surface area contributed by atoms with E-state index in [9.17, 15) is 0 Å². The fraction of sp³-hybridized carbons (Fsp3) is 0. The van der Waals surface area contributed by atoms with E-state index in [1.807, 2.05) is 18.2 Å². The molecule has 51 heavy (non-hydrogen) atoms. The highest BCUT2D eigenvalue weighted by Crippen LogP contribution is 2.37. The smallest absolute Gasteiger partial charge is 0.266 e. The van der Waals surface area contributed by atoms with Gasteiger partial charge in [-0.3, -0.25) is 4.98 Å². The predicted molar refractivity (Wildman–Crippen MR) is 204 cm³/mol. The molecule has 5 heterocycles. The van der Waals surface area contributed by atoms with Gasteiger partial charge in [0.05, 0.1) is 39.3 Å². The minimum Gasteiger partial charge on any atom is -0.434 e. The van der Waals surface area contributed by atoms with Crippen molar-refractivity contribution in [3.63, 3.8) is 0 Å². The highest BCUT2D eigenvalue weighted by atomic mass is 16.3. The molecule has 0 amide bonds. The zero-order valence-electron chi connectivity index (χ0n) is 27.1. The van der Waals surface area contributed by atoms with Crippen molar-refractivity contribution in [3.8, 4) is 34.0 Å². The van der Waals surface area contributed by atoms with E-state index >= 15 is 0 Å². The lowest BCUT2D eigenvalue weighted by atomic mass is 10.1. The van der Waals surface area contributed by atoms with Crippen LogP contribution in [0.4, 0.5) is 0 Å². The van der Waals surface area contributed by atoms with Crippen molar-refractivity contribution < 1.29 is 4.42 Å². The molecule has 0 unspecified atom stereocenters. The Kier molecular flexibility index (Phi) is 5.83. The lowest BCUT2D eigenvalue weighted by Gasteiger charge is -2.08. The number of fused-ring (bicyclic) bond motifs is 9. The lowest BCUT2D eigenvalue weighted by Crippen LogP contribution is -1.95. The van der Waals surface area contributed by atoms with Gasteiger partial charge in [-0.15, -0.1) is 10.2 Å². The molecule has 238 valence electrons. The second-order valence-electron chi connectivity index (χ2n) is 12.8. The molecule has 0 radical (unpaired) electrons. The first-order valence-corrected chi connectivity index (χ1v) is 16.9. The van der Waals surface area contributed by atoms with Gasteiger partial charge in [0, 0.05) is 44.0 Å². The molecular weight excluding hydrogens is 629 g/mol. The van der Waals surface area contributed by atoms with Gasteiger partial charge in [0.1, 0.15) is 5.52 Å². The van der Waals surface area contributed by atoms with Gasteiger partial charge >= 0.3 is 0 Å². The predicted octanol–water partition coefficient (Wildman–Crippen LogP) is 10.7. The highest BCUT2D eigenvalue weighted by Gasteiger charge is 2.18. The van der Waals surface area contributed by atoms with Crippen LogP contribution in [-0.2, 0) is 0 Å². The normalized spacial score (nSPS) is 11.9. The van der Waals surface area contributed by atoms with Crippen LogP contribution in [0.25, 0.3) is 99.8 Å². The van der Waals surface area contributed by atoms with Gasteiger partial charge in [0.15, 0.2) is 11.4 Å². The molecule has 6 aromatic carbocycles. The summed E-state index contributed by atoms with van der Waals surface area (Å²) in [5.74, 6) is 0.532. The Balaban J connectivity index is 1.07. The van der Waals surface area contributed by atoms with E-state index in [0.29, 0.717) is 22.6 Å². The van der Waals surface area contributed by atoms with Crippen molar-refractivity contribution >= 4 is 65.8 Å². The van der Waals surface area contributed by atoms with Crippen LogP contribution in [-0.4, -0.2) is 29.3 Å². The largest absolute Gasteiger partial charge is 0.434 e. The Bertz CT molecular complexity index is 2930. The molecule has 7 heteroatoms. The lowest BCUT2D eigenvalue weighted by molar-refractivity contribution is 0.642. The molecule has 0 aliphatic rings. The maximum absolute atomic E-state index is 6.10. The minimum atomic E-state index is 0.381. The Hall–Kier alpha value is -7.12. The van der Waals surface area contributed by atoms with Crippen molar-refractivity contribution in [1.82, 2.24) is 29.3 Å². The van der Waals surface area contributed by atoms with Crippen LogP contribution >= 0.6 is 0 Å². The molecule has 0 spiro atoms. The number of hydrogen-bond donors (Lipinski definition) is 0. The van der Waals surface area contributed by atoms with E-state index in [1.165, 1.54) is 21.5 Å². The number of nitrogens with zero attached hydrogens (tertiary/aromatic N) is 6. The Labute approximate surface area is 290 Å². The summed E-state index contributed by atoms with van der Waals surface area (Å²) in [6.45, 7) is 0. The molecular formula is C44H26N6O. The summed E-state index contributed by atoms with van der Waals surface area (Å²) >= 11 is 0. The van der Waals surface area contributed by atoms with Gasteiger partial charge in [-0.2, -0.15) is 0 Å². The third-order valence-electron chi connectivity index (χ3n) is 9.92. The number of hydrogen-bond acceptors (Lipinski definition) is 5. The number of furan rings is 1. The second-order valence-corrected chi connectivity index (χ2v) is 12.8. The molecule has 0 aliphatic carbocycles. The summed E-state index contributed by atoms with van der Waals surface area (Å²) in [6, 6.07) is 52.9. The summed E-state index contributed by atoms with van der Waals surface area (Å²) in [5, 5.41) is 14.6. The quantitative estimate of drug-likeness (QED) is 0.189. The third-order valence-corrected chi connectivity index (χ3v) is 9.92. The molecule has 0 fully saturated rings. The third kappa shape index (κ3) is 4.18. The van der Waals surface area contributed by atoms with Crippen LogP contribution in [0.1, 0.15) is 0 Å². The SMILES string of the molecule is c1ccc(-n2c3ccccc3c3ccc(-c4cc5c(cn4)oc4nnc(-c6ccc7c8ccccc8n(-c8ccccc8)c7c6)nc45)cc32)cc1. The zero-order valence-corrected chi connectivity index (χ0v) is 27.1. The number of para-hydroxylation sites is 4. The molecule has 0 atom stereocenters. The van der Waals surface area contributed by atoms with Gasteiger partial charge in [0.25, 0.3) is 5.71 Å². The summed E-state index contributed by atoms with van der Waals surface area (Å²) in [6.07, 6.45) is 1.76. The maximum Gasteiger partial charge on any atom is 0.266 e. The number of rotatable bonds is 4. The van der Waals surface area contributed by atoms with Crippen LogP contribution in [0.5, 0.6) is 0 Å². The number of aromatic nitrogens is 6. The van der Waals surface area contributed by atoms with Crippen LogP contribution in [0.15, 0.2) is 162 Å². The average molecular weight is 655 g/mol. The van der Waals surface area contributed by atoms with Gasteiger partial charge in [0.2, 0.25) is 0 Å². The molecule has 0 N–H and O–H groups in total. The van der Waals surface area contributed by atoms with Crippen LogP contribution in [0.2, 0.25) is 0 Å². The van der Waals surface area contributed by atoms with Crippen LogP contribution < -0.4 is 0 Å². The molecule has 0 saturated heterocycles. The van der Waals surface area contributed by atoms with E-state index in [-0.39, 0.29) is 0 Å². The van der Waals surface area contributed by atoms with Gasteiger partial charge in [-0.25, -0.2) is 4.98 Å². The fourth-order valence-corrected chi connectivity index (χ4v) is 7.60. The van der Waals surface area contributed by atoms with E-state index in [2.05, 4.69) is 153 Å². The molecule has 11 aromatic rings. The number of benzene rings is 6. The zero-order chi connectivity index (χ0) is 33.5. The molecule has 7 nitrogen and oxygen atoms in total. The van der Waals surface area contributed by atoms with Gasteiger partial charge in [-0.1, -0.05) is 97.1 Å². The van der Waals surface area contributed by atoms with E-state index in [1.54, 1.807) is 6.20 Å².